The second kappa shape index (κ2) is 10.8. The summed E-state index contributed by atoms with van der Waals surface area (Å²) in [4.78, 5) is 17.4. The molecule has 1 amide bonds. The summed E-state index contributed by atoms with van der Waals surface area (Å²) in [6.07, 6.45) is 0.641. The van der Waals surface area contributed by atoms with E-state index in [-0.39, 0.29) is 5.82 Å². The van der Waals surface area contributed by atoms with Crippen molar-refractivity contribution in [2.24, 2.45) is 5.16 Å². The smallest absolute Gasteiger partial charge is 0.267 e. The maximum Gasteiger partial charge on any atom is 0.267 e. The molecule has 6 nitrogen and oxygen atoms in total. The van der Waals surface area contributed by atoms with Gasteiger partial charge >= 0.3 is 0 Å². The number of ether oxygens (including phenoxy) is 2. The van der Waals surface area contributed by atoms with Gasteiger partial charge in [-0.3, -0.25) is 4.79 Å². The molecule has 0 aliphatic heterocycles. The number of methoxy groups -OCH3 is 1. The Balaban J connectivity index is 1.54. The van der Waals surface area contributed by atoms with Gasteiger partial charge < -0.3 is 19.6 Å². The number of benzene rings is 3. The zero-order valence-electron chi connectivity index (χ0n) is 17.2. The van der Waals surface area contributed by atoms with Crippen molar-refractivity contribution in [3.63, 3.8) is 0 Å². The lowest BCUT2D eigenvalue weighted by atomic mass is 10.2. The van der Waals surface area contributed by atoms with E-state index in [4.69, 9.17) is 14.3 Å². The maximum absolute atomic E-state index is 12.9. The molecule has 3 aromatic carbocycles. The molecule has 0 heterocycles. The van der Waals surface area contributed by atoms with E-state index in [1.54, 1.807) is 32.2 Å². The molecule has 7 heteroatoms. The summed E-state index contributed by atoms with van der Waals surface area (Å²) < 4.78 is 24.2. The first kappa shape index (κ1) is 21.8. The van der Waals surface area contributed by atoms with Crippen molar-refractivity contribution in [2.45, 2.75) is 19.6 Å². The number of carbonyl (C=O) groups excluding carboxylic acids is 1. The molecule has 31 heavy (non-hydrogen) atoms. The molecule has 0 bridgehead atoms. The van der Waals surface area contributed by atoms with Crippen LogP contribution in [0.15, 0.2) is 78.0 Å². The van der Waals surface area contributed by atoms with Crippen molar-refractivity contribution in [1.29, 1.82) is 0 Å². The van der Waals surface area contributed by atoms with Crippen LogP contribution in [0.2, 0.25) is 0 Å². The van der Waals surface area contributed by atoms with Gasteiger partial charge in [0.05, 0.1) is 13.3 Å². The number of hydrogen-bond acceptors (Lipinski definition) is 5. The zero-order chi connectivity index (χ0) is 22.1. The molecule has 3 rings (SSSR count). The molecule has 0 radical (unpaired) electrons. The molecule has 0 spiro atoms. The number of hydrogen-bond donors (Lipinski definition) is 1. The van der Waals surface area contributed by atoms with Gasteiger partial charge in [-0.25, -0.2) is 4.39 Å². The third-order valence-electron chi connectivity index (χ3n) is 4.33. The van der Waals surface area contributed by atoms with Crippen LogP contribution in [-0.4, -0.2) is 25.3 Å². The third kappa shape index (κ3) is 6.57. The highest BCUT2D eigenvalue weighted by Gasteiger charge is 2.14. The Bertz CT molecular complexity index is 1020. The largest absolute Gasteiger partial charge is 0.493 e. The van der Waals surface area contributed by atoms with E-state index in [1.165, 1.54) is 30.5 Å². The zero-order valence-corrected chi connectivity index (χ0v) is 17.2. The van der Waals surface area contributed by atoms with Crippen molar-refractivity contribution in [2.75, 3.05) is 12.4 Å². The molecule has 0 saturated carbocycles. The highest BCUT2D eigenvalue weighted by molar-refractivity contribution is 5.93. The SMILES string of the molecule is COc1cc(/C=N/OC(C)C(=O)Nc2ccc(F)cc2)ccc1OCc1ccccc1. The summed E-state index contributed by atoms with van der Waals surface area (Å²) in [6, 6.07) is 20.6. The number of anilines is 1. The molecule has 0 aliphatic carbocycles. The Morgan fingerprint density at radius 3 is 2.52 bits per heavy atom. The van der Waals surface area contributed by atoms with Crippen LogP contribution in [0.3, 0.4) is 0 Å². The van der Waals surface area contributed by atoms with Crippen LogP contribution in [0.4, 0.5) is 10.1 Å². The number of nitrogens with one attached hydrogen (secondary N) is 1. The molecular formula is C24H23FN2O4. The lowest BCUT2D eigenvalue weighted by molar-refractivity contribution is -0.126. The summed E-state index contributed by atoms with van der Waals surface area (Å²) in [6.45, 7) is 1.99. The van der Waals surface area contributed by atoms with E-state index < -0.39 is 12.0 Å². The third-order valence-corrected chi connectivity index (χ3v) is 4.33. The Kier molecular flexibility index (Phi) is 7.59. The highest BCUT2D eigenvalue weighted by Crippen LogP contribution is 2.28. The fraction of sp³-hybridized carbons (Fsp3) is 0.167. The minimum absolute atomic E-state index is 0.376. The Morgan fingerprint density at radius 1 is 1.06 bits per heavy atom. The predicted octanol–water partition coefficient (Wildman–Crippen LogP) is 4.79. The first-order valence-electron chi connectivity index (χ1n) is 9.65. The second-order valence-electron chi connectivity index (χ2n) is 6.66. The highest BCUT2D eigenvalue weighted by atomic mass is 19.1. The monoisotopic (exact) mass is 422 g/mol. The van der Waals surface area contributed by atoms with E-state index in [0.717, 1.165) is 11.1 Å². The number of amides is 1. The molecule has 0 saturated heterocycles. The number of rotatable bonds is 9. The van der Waals surface area contributed by atoms with Gasteiger partial charge in [-0.1, -0.05) is 35.5 Å². The lowest BCUT2D eigenvalue weighted by Gasteiger charge is -2.12. The standard InChI is InChI=1S/C24H23FN2O4/c1-17(24(28)27-21-11-9-20(25)10-12-21)31-26-15-19-8-13-22(23(14-19)29-2)30-16-18-6-4-3-5-7-18/h3-15,17H,16H2,1-2H3,(H,27,28)/b26-15+. The van der Waals surface area contributed by atoms with Gasteiger partial charge in [0.2, 0.25) is 6.10 Å². The van der Waals surface area contributed by atoms with Crippen molar-refractivity contribution in [3.8, 4) is 11.5 Å². The van der Waals surface area contributed by atoms with Crippen molar-refractivity contribution >= 4 is 17.8 Å². The van der Waals surface area contributed by atoms with Crippen LogP contribution in [-0.2, 0) is 16.2 Å². The normalized spacial score (nSPS) is 11.7. The van der Waals surface area contributed by atoms with Crippen LogP contribution >= 0.6 is 0 Å². The second-order valence-corrected chi connectivity index (χ2v) is 6.66. The number of oxime groups is 1. The summed E-state index contributed by atoms with van der Waals surface area (Å²) in [5, 5.41) is 6.50. The fourth-order valence-electron chi connectivity index (χ4n) is 2.63. The Labute approximate surface area is 180 Å². The van der Waals surface area contributed by atoms with Crippen molar-refractivity contribution in [1.82, 2.24) is 0 Å². The maximum atomic E-state index is 12.9. The molecule has 0 aromatic heterocycles. The molecular weight excluding hydrogens is 399 g/mol. The van der Waals surface area contributed by atoms with Crippen LogP contribution in [0.1, 0.15) is 18.1 Å². The fourth-order valence-corrected chi connectivity index (χ4v) is 2.63. The minimum atomic E-state index is -0.836. The first-order chi connectivity index (χ1) is 15.0. The Hall–Kier alpha value is -3.87. The van der Waals surface area contributed by atoms with E-state index in [1.807, 2.05) is 30.3 Å². The van der Waals surface area contributed by atoms with E-state index in [2.05, 4.69) is 10.5 Å². The van der Waals surface area contributed by atoms with E-state index in [9.17, 15) is 9.18 Å². The molecule has 1 N–H and O–H groups in total. The number of halogens is 1. The molecule has 0 fully saturated rings. The summed E-state index contributed by atoms with van der Waals surface area (Å²) in [5.41, 5.74) is 2.24. The topological polar surface area (TPSA) is 69.2 Å². The summed E-state index contributed by atoms with van der Waals surface area (Å²) in [5.74, 6) is 0.392. The molecule has 1 atom stereocenters. The van der Waals surface area contributed by atoms with Gasteiger partial charge in [-0.15, -0.1) is 0 Å². The van der Waals surface area contributed by atoms with Crippen LogP contribution in [0.25, 0.3) is 0 Å². The van der Waals surface area contributed by atoms with Crippen molar-refractivity contribution in [3.05, 3.63) is 89.7 Å². The van der Waals surface area contributed by atoms with Gasteiger partial charge in [0, 0.05) is 11.3 Å². The van der Waals surface area contributed by atoms with Gasteiger partial charge in [0.1, 0.15) is 12.4 Å². The number of nitrogens with zero attached hydrogens (tertiary/aromatic N) is 1. The van der Waals surface area contributed by atoms with Gasteiger partial charge in [-0.05, 0) is 55.0 Å². The molecule has 3 aromatic rings. The quantitative estimate of drug-likeness (QED) is 0.398. The Morgan fingerprint density at radius 2 is 1.81 bits per heavy atom. The lowest BCUT2D eigenvalue weighted by Crippen LogP contribution is -2.26. The first-order valence-corrected chi connectivity index (χ1v) is 9.65. The average Bonchev–Trinajstić information content (AvgIpc) is 2.80. The average molecular weight is 422 g/mol. The van der Waals surface area contributed by atoms with Gasteiger partial charge in [0.15, 0.2) is 11.5 Å². The number of carbonyl (C=O) groups is 1. The minimum Gasteiger partial charge on any atom is -0.493 e. The van der Waals surface area contributed by atoms with Crippen LogP contribution in [0, 0.1) is 5.82 Å². The molecule has 1 unspecified atom stereocenters. The van der Waals surface area contributed by atoms with Crippen LogP contribution < -0.4 is 14.8 Å². The summed E-state index contributed by atoms with van der Waals surface area (Å²) >= 11 is 0. The summed E-state index contributed by atoms with van der Waals surface area (Å²) in [7, 11) is 1.56. The molecule has 0 aliphatic rings. The van der Waals surface area contributed by atoms with Gasteiger partial charge in [0.25, 0.3) is 5.91 Å². The predicted molar refractivity (Wildman–Crippen MR) is 117 cm³/mol. The van der Waals surface area contributed by atoms with Gasteiger partial charge in [-0.2, -0.15) is 0 Å². The van der Waals surface area contributed by atoms with E-state index in [0.29, 0.717) is 23.8 Å². The van der Waals surface area contributed by atoms with E-state index >= 15 is 0 Å². The molecule has 160 valence electrons. The van der Waals surface area contributed by atoms with Crippen molar-refractivity contribution < 1.29 is 23.5 Å². The van der Waals surface area contributed by atoms with Crippen LogP contribution in [0.5, 0.6) is 11.5 Å².